The summed E-state index contributed by atoms with van der Waals surface area (Å²) in [5, 5.41) is 2.85. The van der Waals surface area contributed by atoms with Gasteiger partial charge in [-0.1, -0.05) is 20.8 Å². The van der Waals surface area contributed by atoms with Crippen molar-refractivity contribution < 1.29 is 9.53 Å². The van der Waals surface area contributed by atoms with Gasteiger partial charge in [-0.05, 0) is 46.0 Å². The summed E-state index contributed by atoms with van der Waals surface area (Å²) in [7, 11) is 1.60. The molecule has 0 saturated carbocycles. The molecule has 4 nitrogen and oxygen atoms in total. The lowest BCUT2D eigenvalue weighted by Crippen LogP contribution is -2.31. The Morgan fingerprint density at radius 3 is 2.60 bits per heavy atom. The fourth-order valence-electron chi connectivity index (χ4n) is 2.05. The van der Waals surface area contributed by atoms with Gasteiger partial charge < -0.3 is 15.8 Å². The summed E-state index contributed by atoms with van der Waals surface area (Å²) in [6, 6.07) is 5.29. The fraction of sp³-hybridized carbons (Fsp3) is 0.533. The number of hydrogen-bond acceptors (Lipinski definition) is 3. The second-order valence-corrected chi connectivity index (χ2v) is 6.98. The summed E-state index contributed by atoms with van der Waals surface area (Å²) >= 11 is 3.39. The molecule has 112 valence electrons. The van der Waals surface area contributed by atoms with Gasteiger partial charge in [-0.15, -0.1) is 0 Å². The zero-order chi connectivity index (χ0) is 15.3. The summed E-state index contributed by atoms with van der Waals surface area (Å²) < 4.78 is 5.95. The third kappa shape index (κ3) is 5.92. The highest BCUT2D eigenvalue weighted by molar-refractivity contribution is 9.10. The minimum atomic E-state index is -0.128. The molecule has 0 spiro atoms. The molecule has 0 aliphatic carbocycles. The molecule has 3 N–H and O–H groups in total. The van der Waals surface area contributed by atoms with Gasteiger partial charge in [0.25, 0.3) is 0 Å². The Morgan fingerprint density at radius 1 is 1.45 bits per heavy atom. The Kier molecular flexibility index (Phi) is 6.02. The smallest absolute Gasteiger partial charge is 0.225 e. The molecule has 0 radical (unpaired) electrons. The van der Waals surface area contributed by atoms with Gasteiger partial charge in [-0.2, -0.15) is 0 Å². The van der Waals surface area contributed by atoms with Crippen molar-refractivity contribution >= 4 is 27.5 Å². The van der Waals surface area contributed by atoms with Crippen LogP contribution in [0.25, 0.3) is 0 Å². The molecule has 1 amide bonds. The van der Waals surface area contributed by atoms with Crippen LogP contribution in [0.1, 0.15) is 33.6 Å². The van der Waals surface area contributed by atoms with Crippen molar-refractivity contribution in [1.29, 1.82) is 0 Å². The van der Waals surface area contributed by atoms with Crippen LogP contribution in [0, 0.1) is 5.41 Å². The molecular weight excluding hydrogens is 320 g/mol. The van der Waals surface area contributed by atoms with Crippen molar-refractivity contribution in [3.8, 4) is 5.75 Å². The number of anilines is 1. The minimum absolute atomic E-state index is 0.0705. The van der Waals surface area contributed by atoms with Gasteiger partial charge >= 0.3 is 0 Å². The normalized spacial score (nSPS) is 12.9. The van der Waals surface area contributed by atoms with E-state index >= 15 is 0 Å². The van der Waals surface area contributed by atoms with E-state index in [0.29, 0.717) is 6.42 Å². The number of ether oxygens (including phenoxy) is 1. The lowest BCUT2D eigenvalue weighted by molar-refractivity contribution is -0.116. The number of nitrogens with two attached hydrogens (primary N) is 1. The molecule has 0 aliphatic rings. The molecular formula is C15H23BrN2O2. The summed E-state index contributed by atoms with van der Waals surface area (Å²) in [5.74, 6) is 0.659. The van der Waals surface area contributed by atoms with E-state index in [1.54, 1.807) is 19.2 Å². The van der Waals surface area contributed by atoms with Gasteiger partial charge in [-0.3, -0.25) is 4.79 Å². The number of halogens is 1. The summed E-state index contributed by atoms with van der Waals surface area (Å²) in [6.07, 6.45) is 1.13. The lowest BCUT2D eigenvalue weighted by atomic mass is 9.87. The van der Waals surface area contributed by atoms with Gasteiger partial charge in [0.05, 0.1) is 11.6 Å². The van der Waals surface area contributed by atoms with Crippen LogP contribution in [0.5, 0.6) is 5.75 Å². The third-order valence-electron chi connectivity index (χ3n) is 2.76. The maximum Gasteiger partial charge on any atom is 0.225 e. The van der Waals surface area contributed by atoms with Crippen LogP contribution in [0.4, 0.5) is 5.69 Å². The van der Waals surface area contributed by atoms with E-state index in [0.717, 1.165) is 22.3 Å². The monoisotopic (exact) mass is 342 g/mol. The first kappa shape index (κ1) is 17.0. The molecule has 0 heterocycles. The van der Waals surface area contributed by atoms with E-state index in [-0.39, 0.29) is 17.4 Å². The fourth-order valence-corrected chi connectivity index (χ4v) is 2.59. The van der Waals surface area contributed by atoms with E-state index in [1.807, 2.05) is 6.07 Å². The van der Waals surface area contributed by atoms with E-state index in [2.05, 4.69) is 42.0 Å². The predicted molar refractivity (Wildman–Crippen MR) is 86.0 cm³/mol. The summed E-state index contributed by atoms with van der Waals surface area (Å²) in [4.78, 5) is 11.9. The Balaban J connectivity index is 2.56. The Hall–Kier alpha value is -1.07. The lowest BCUT2D eigenvalue weighted by Gasteiger charge is -2.22. The Labute approximate surface area is 129 Å². The molecule has 1 aromatic rings. The molecule has 20 heavy (non-hydrogen) atoms. The largest absolute Gasteiger partial charge is 0.496 e. The molecule has 1 atom stereocenters. The average molecular weight is 343 g/mol. The zero-order valence-electron chi connectivity index (χ0n) is 12.5. The highest BCUT2D eigenvalue weighted by atomic mass is 79.9. The van der Waals surface area contributed by atoms with Crippen molar-refractivity contribution in [3.05, 3.63) is 22.7 Å². The summed E-state index contributed by atoms with van der Waals surface area (Å²) in [5.41, 5.74) is 6.86. The van der Waals surface area contributed by atoms with E-state index in [4.69, 9.17) is 10.5 Å². The number of carbonyl (C=O) groups excluding carboxylic acids is 1. The predicted octanol–water partition coefficient (Wildman–Crippen LogP) is 3.55. The number of methoxy groups -OCH3 is 1. The minimum Gasteiger partial charge on any atom is -0.496 e. The topological polar surface area (TPSA) is 64.3 Å². The number of rotatable bonds is 5. The van der Waals surface area contributed by atoms with Crippen LogP contribution in [0.15, 0.2) is 22.7 Å². The standard InChI is InChI=1S/C15H23BrN2O2/c1-15(2,3)9-10(17)7-14(19)18-11-5-6-13(20-4)12(16)8-11/h5-6,8,10H,7,9,17H2,1-4H3,(H,18,19). The molecule has 1 unspecified atom stereocenters. The molecule has 0 saturated heterocycles. The molecule has 0 bridgehead atoms. The van der Waals surface area contributed by atoms with Crippen LogP contribution in [-0.4, -0.2) is 19.1 Å². The van der Waals surface area contributed by atoms with Crippen LogP contribution in [-0.2, 0) is 4.79 Å². The molecule has 1 aromatic carbocycles. The van der Waals surface area contributed by atoms with Gasteiger partial charge in [0, 0.05) is 18.2 Å². The highest BCUT2D eigenvalue weighted by Crippen LogP contribution is 2.28. The van der Waals surface area contributed by atoms with Crippen molar-refractivity contribution in [2.75, 3.05) is 12.4 Å². The maximum atomic E-state index is 11.9. The Morgan fingerprint density at radius 2 is 2.10 bits per heavy atom. The van der Waals surface area contributed by atoms with Gasteiger partial charge in [0.2, 0.25) is 5.91 Å². The maximum absolute atomic E-state index is 11.9. The quantitative estimate of drug-likeness (QED) is 0.859. The van der Waals surface area contributed by atoms with Gasteiger partial charge in [0.15, 0.2) is 0 Å². The molecule has 1 rings (SSSR count). The number of hydrogen-bond donors (Lipinski definition) is 2. The Bertz CT molecular complexity index is 469. The van der Waals surface area contributed by atoms with E-state index in [9.17, 15) is 4.79 Å². The number of carbonyl (C=O) groups is 1. The van der Waals surface area contributed by atoms with Crippen LogP contribution in [0.3, 0.4) is 0 Å². The highest BCUT2D eigenvalue weighted by Gasteiger charge is 2.18. The average Bonchev–Trinajstić information content (AvgIpc) is 2.25. The molecule has 0 aromatic heterocycles. The number of nitrogens with one attached hydrogen (secondary N) is 1. The van der Waals surface area contributed by atoms with E-state index < -0.39 is 0 Å². The van der Waals surface area contributed by atoms with Crippen molar-refractivity contribution in [2.45, 2.75) is 39.7 Å². The van der Waals surface area contributed by atoms with Crippen LogP contribution in [0.2, 0.25) is 0 Å². The van der Waals surface area contributed by atoms with Crippen LogP contribution >= 0.6 is 15.9 Å². The zero-order valence-corrected chi connectivity index (χ0v) is 14.1. The second kappa shape index (κ2) is 7.09. The van der Waals surface area contributed by atoms with Gasteiger partial charge in [-0.25, -0.2) is 0 Å². The number of benzene rings is 1. The van der Waals surface area contributed by atoms with Crippen molar-refractivity contribution in [3.63, 3.8) is 0 Å². The molecule has 5 heteroatoms. The van der Waals surface area contributed by atoms with Crippen LogP contribution < -0.4 is 15.8 Å². The third-order valence-corrected chi connectivity index (χ3v) is 3.38. The molecule has 0 aliphatic heterocycles. The first-order valence-electron chi connectivity index (χ1n) is 6.60. The first-order valence-corrected chi connectivity index (χ1v) is 7.39. The SMILES string of the molecule is COc1ccc(NC(=O)CC(N)CC(C)(C)C)cc1Br. The van der Waals surface area contributed by atoms with Crippen molar-refractivity contribution in [2.24, 2.45) is 11.1 Å². The van der Waals surface area contributed by atoms with E-state index in [1.165, 1.54) is 0 Å². The first-order chi connectivity index (χ1) is 9.21. The number of amides is 1. The summed E-state index contributed by atoms with van der Waals surface area (Å²) in [6.45, 7) is 6.35. The molecule has 0 fully saturated rings. The second-order valence-electron chi connectivity index (χ2n) is 6.13. The van der Waals surface area contributed by atoms with Gasteiger partial charge in [0.1, 0.15) is 5.75 Å². The van der Waals surface area contributed by atoms with Crippen molar-refractivity contribution in [1.82, 2.24) is 0 Å².